The molecule has 0 aliphatic carbocycles. The number of hydrogen-bond donors (Lipinski definition) is 2. The summed E-state index contributed by atoms with van der Waals surface area (Å²) in [5.74, 6) is 0. The minimum atomic E-state index is 0. The second-order valence-electron chi connectivity index (χ2n) is 3.95. The zero-order chi connectivity index (χ0) is 9.80. The zero-order valence-corrected chi connectivity index (χ0v) is 9.90. The first kappa shape index (κ1) is 12.6. The zero-order valence-electron chi connectivity index (χ0n) is 9.08. The maximum absolute atomic E-state index is 5.82. The number of halogens is 1. The molecule has 1 aliphatic rings. The van der Waals surface area contributed by atoms with Crippen molar-refractivity contribution in [2.75, 3.05) is 13.1 Å². The number of aromatic amines is 1. The molecule has 0 amide bonds. The maximum Gasteiger partial charge on any atom is 0.0735 e. The monoisotopic (exact) mass is 230 g/mol. The number of H-pyrrole nitrogens is 1. The number of ether oxygens (including phenoxy) is 1. The molecule has 2 heterocycles. The van der Waals surface area contributed by atoms with Crippen LogP contribution < -0.4 is 5.32 Å². The fourth-order valence-corrected chi connectivity index (χ4v) is 1.83. The normalized spacial score (nSPS) is 17.4. The van der Waals surface area contributed by atoms with Gasteiger partial charge < -0.3 is 15.0 Å². The van der Waals surface area contributed by atoms with E-state index in [-0.39, 0.29) is 12.4 Å². The van der Waals surface area contributed by atoms with Gasteiger partial charge in [-0.25, -0.2) is 0 Å². The molecule has 3 nitrogen and oxygen atoms in total. The largest absolute Gasteiger partial charge is 0.373 e. The van der Waals surface area contributed by atoms with Crippen molar-refractivity contribution in [3.63, 3.8) is 0 Å². The molecule has 0 radical (unpaired) electrons. The van der Waals surface area contributed by atoms with Crippen molar-refractivity contribution in [3.8, 4) is 0 Å². The summed E-state index contributed by atoms with van der Waals surface area (Å²) in [6.07, 6.45) is 4.76. The lowest BCUT2D eigenvalue weighted by molar-refractivity contribution is 0.0213. The van der Waals surface area contributed by atoms with Gasteiger partial charge in [0, 0.05) is 11.9 Å². The predicted octanol–water partition coefficient (Wildman–Crippen LogP) is 2.01. The SMILES string of the molecule is Cc1cc(COC2CCNCC2)c[nH]1.Cl. The Morgan fingerprint density at radius 3 is 2.73 bits per heavy atom. The second-order valence-corrected chi connectivity index (χ2v) is 3.95. The number of aryl methyl sites for hydroxylation is 1. The Balaban J connectivity index is 0.00000112. The van der Waals surface area contributed by atoms with E-state index in [1.165, 1.54) is 11.3 Å². The summed E-state index contributed by atoms with van der Waals surface area (Å²) in [6.45, 7) is 5.00. The molecular weight excluding hydrogens is 212 g/mol. The fourth-order valence-electron chi connectivity index (χ4n) is 1.83. The highest BCUT2D eigenvalue weighted by atomic mass is 35.5. The maximum atomic E-state index is 5.82. The van der Waals surface area contributed by atoms with Gasteiger partial charge in [-0.3, -0.25) is 0 Å². The molecule has 15 heavy (non-hydrogen) atoms. The van der Waals surface area contributed by atoms with E-state index in [0.29, 0.717) is 6.10 Å². The minimum absolute atomic E-state index is 0. The second kappa shape index (κ2) is 6.16. The van der Waals surface area contributed by atoms with Crippen LogP contribution in [-0.4, -0.2) is 24.2 Å². The van der Waals surface area contributed by atoms with Crippen molar-refractivity contribution in [1.82, 2.24) is 10.3 Å². The van der Waals surface area contributed by atoms with Crippen molar-refractivity contribution in [2.45, 2.75) is 32.5 Å². The van der Waals surface area contributed by atoms with Crippen LogP contribution in [0.3, 0.4) is 0 Å². The third-order valence-electron chi connectivity index (χ3n) is 2.66. The molecule has 0 unspecified atom stereocenters. The van der Waals surface area contributed by atoms with E-state index in [1.54, 1.807) is 0 Å². The third-order valence-corrected chi connectivity index (χ3v) is 2.66. The summed E-state index contributed by atoms with van der Waals surface area (Å²) < 4.78 is 5.82. The fraction of sp³-hybridized carbons (Fsp3) is 0.636. The predicted molar refractivity (Wildman–Crippen MR) is 63.5 cm³/mol. The molecule has 0 spiro atoms. The molecule has 0 aromatic carbocycles. The molecule has 1 aromatic heterocycles. The summed E-state index contributed by atoms with van der Waals surface area (Å²) >= 11 is 0. The summed E-state index contributed by atoms with van der Waals surface area (Å²) in [5, 5.41) is 3.33. The summed E-state index contributed by atoms with van der Waals surface area (Å²) in [6, 6.07) is 2.14. The molecule has 1 saturated heterocycles. The van der Waals surface area contributed by atoms with E-state index in [9.17, 15) is 0 Å². The van der Waals surface area contributed by atoms with Crippen LogP contribution in [0.1, 0.15) is 24.1 Å². The molecule has 0 bridgehead atoms. The van der Waals surface area contributed by atoms with Gasteiger partial charge in [-0.2, -0.15) is 0 Å². The van der Waals surface area contributed by atoms with Gasteiger partial charge in [0.25, 0.3) is 0 Å². The van der Waals surface area contributed by atoms with Crippen molar-refractivity contribution in [1.29, 1.82) is 0 Å². The molecule has 1 aliphatic heterocycles. The number of nitrogens with one attached hydrogen (secondary N) is 2. The van der Waals surface area contributed by atoms with Crippen LogP contribution in [0.15, 0.2) is 12.3 Å². The van der Waals surface area contributed by atoms with E-state index >= 15 is 0 Å². The van der Waals surface area contributed by atoms with Gasteiger partial charge in [0.2, 0.25) is 0 Å². The third kappa shape index (κ3) is 3.86. The Hall–Kier alpha value is -0.510. The quantitative estimate of drug-likeness (QED) is 0.834. The minimum Gasteiger partial charge on any atom is -0.373 e. The van der Waals surface area contributed by atoms with Gasteiger partial charge in [-0.15, -0.1) is 12.4 Å². The topological polar surface area (TPSA) is 37.0 Å². The van der Waals surface area contributed by atoms with Gasteiger partial charge in [-0.1, -0.05) is 0 Å². The Kier molecular flexibility index (Phi) is 5.15. The molecule has 0 saturated carbocycles. The highest BCUT2D eigenvalue weighted by molar-refractivity contribution is 5.85. The Morgan fingerprint density at radius 1 is 1.40 bits per heavy atom. The summed E-state index contributed by atoms with van der Waals surface area (Å²) in [5.41, 5.74) is 2.45. The summed E-state index contributed by atoms with van der Waals surface area (Å²) in [7, 11) is 0. The van der Waals surface area contributed by atoms with Crippen molar-refractivity contribution in [2.24, 2.45) is 0 Å². The van der Waals surface area contributed by atoms with Crippen LogP contribution in [0.5, 0.6) is 0 Å². The van der Waals surface area contributed by atoms with E-state index in [4.69, 9.17) is 4.74 Å². The van der Waals surface area contributed by atoms with Gasteiger partial charge in [0.1, 0.15) is 0 Å². The van der Waals surface area contributed by atoms with E-state index in [1.807, 2.05) is 6.20 Å². The summed E-state index contributed by atoms with van der Waals surface area (Å²) in [4.78, 5) is 3.16. The van der Waals surface area contributed by atoms with Crippen LogP contribution in [0.25, 0.3) is 0 Å². The first-order chi connectivity index (χ1) is 6.84. The lowest BCUT2D eigenvalue weighted by Gasteiger charge is -2.22. The Labute approximate surface area is 97.0 Å². The lowest BCUT2D eigenvalue weighted by atomic mass is 10.1. The number of hydrogen-bond acceptors (Lipinski definition) is 2. The molecule has 2 rings (SSSR count). The molecule has 2 N–H and O–H groups in total. The first-order valence-electron chi connectivity index (χ1n) is 5.31. The molecule has 1 aromatic rings. The Morgan fingerprint density at radius 2 is 2.13 bits per heavy atom. The van der Waals surface area contributed by atoms with Crippen molar-refractivity contribution >= 4 is 12.4 Å². The van der Waals surface area contributed by atoms with Gasteiger partial charge in [-0.05, 0) is 44.5 Å². The average molecular weight is 231 g/mol. The molecule has 4 heteroatoms. The number of aromatic nitrogens is 1. The number of piperidine rings is 1. The van der Waals surface area contributed by atoms with Gasteiger partial charge in [0.05, 0.1) is 12.7 Å². The van der Waals surface area contributed by atoms with Crippen LogP contribution in [0, 0.1) is 6.92 Å². The van der Waals surface area contributed by atoms with Crippen LogP contribution >= 0.6 is 12.4 Å². The van der Waals surface area contributed by atoms with E-state index in [2.05, 4.69) is 23.3 Å². The molecule has 0 atom stereocenters. The van der Waals surface area contributed by atoms with Crippen LogP contribution in [-0.2, 0) is 11.3 Å². The molecular formula is C11H19ClN2O. The van der Waals surface area contributed by atoms with Gasteiger partial charge >= 0.3 is 0 Å². The highest BCUT2D eigenvalue weighted by Gasteiger charge is 2.13. The lowest BCUT2D eigenvalue weighted by Crippen LogP contribution is -2.32. The van der Waals surface area contributed by atoms with E-state index < -0.39 is 0 Å². The Bertz CT molecular complexity index is 282. The average Bonchev–Trinajstić information content (AvgIpc) is 2.63. The van der Waals surface area contributed by atoms with Crippen LogP contribution in [0.2, 0.25) is 0 Å². The smallest absolute Gasteiger partial charge is 0.0735 e. The van der Waals surface area contributed by atoms with Crippen molar-refractivity contribution in [3.05, 3.63) is 23.5 Å². The van der Waals surface area contributed by atoms with Crippen molar-refractivity contribution < 1.29 is 4.74 Å². The number of rotatable bonds is 3. The standard InChI is InChI=1S/C11H18N2O.ClH/c1-9-6-10(7-13-9)8-14-11-2-4-12-5-3-11;/h6-7,11-13H,2-5,8H2,1H3;1H. The molecule has 1 fully saturated rings. The molecule has 86 valence electrons. The van der Waals surface area contributed by atoms with Gasteiger partial charge in [0.15, 0.2) is 0 Å². The van der Waals surface area contributed by atoms with E-state index in [0.717, 1.165) is 32.5 Å². The van der Waals surface area contributed by atoms with Crippen LogP contribution in [0.4, 0.5) is 0 Å². The highest BCUT2D eigenvalue weighted by Crippen LogP contribution is 2.11. The first-order valence-corrected chi connectivity index (χ1v) is 5.31.